The SMILES string of the molecule is O=C(c1ccc(OCCN2CC(CI)C2)cc1)c1c(-c2ccc(F)cc2)sc2cc(O)ccc12. The largest absolute Gasteiger partial charge is 0.508 e. The number of halogens is 2. The van der Waals surface area contributed by atoms with Gasteiger partial charge in [-0.2, -0.15) is 0 Å². The number of carbonyl (C=O) groups is 1. The molecule has 5 rings (SSSR count). The molecule has 2 heterocycles. The van der Waals surface area contributed by atoms with Crippen LogP contribution in [0.1, 0.15) is 15.9 Å². The van der Waals surface area contributed by atoms with Crippen LogP contribution >= 0.6 is 33.9 Å². The van der Waals surface area contributed by atoms with Gasteiger partial charge in [-0.1, -0.05) is 34.7 Å². The number of benzene rings is 3. The van der Waals surface area contributed by atoms with E-state index in [9.17, 15) is 14.3 Å². The highest BCUT2D eigenvalue weighted by Crippen LogP contribution is 2.41. The summed E-state index contributed by atoms with van der Waals surface area (Å²) in [5.41, 5.74) is 1.88. The van der Waals surface area contributed by atoms with Crippen molar-refractivity contribution in [2.45, 2.75) is 0 Å². The zero-order chi connectivity index (χ0) is 23.7. The Kier molecular flexibility index (Phi) is 6.85. The Labute approximate surface area is 215 Å². The molecule has 0 radical (unpaired) electrons. The van der Waals surface area contributed by atoms with E-state index in [1.807, 2.05) is 12.1 Å². The Bertz CT molecular complexity index is 1310. The number of hydrogen-bond donors (Lipinski definition) is 1. The smallest absolute Gasteiger partial charge is 0.195 e. The maximum absolute atomic E-state index is 13.6. The highest BCUT2D eigenvalue weighted by atomic mass is 127. The Morgan fingerprint density at radius 3 is 2.53 bits per heavy atom. The van der Waals surface area contributed by atoms with Crippen molar-refractivity contribution in [3.8, 4) is 21.9 Å². The molecule has 34 heavy (non-hydrogen) atoms. The fourth-order valence-corrected chi connectivity index (χ4v) is 6.01. The minimum Gasteiger partial charge on any atom is -0.508 e. The highest BCUT2D eigenvalue weighted by molar-refractivity contribution is 14.1. The summed E-state index contributed by atoms with van der Waals surface area (Å²) in [5, 5.41) is 10.7. The van der Waals surface area contributed by atoms with E-state index < -0.39 is 0 Å². The van der Waals surface area contributed by atoms with Crippen molar-refractivity contribution in [3.05, 3.63) is 83.7 Å². The van der Waals surface area contributed by atoms with Crippen LogP contribution in [0.25, 0.3) is 20.5 Å². The monoisotopic (exact) mass is 587 g/mol. The Morgan fingerprint density at radius 1 is 1.09 bits per heavy atom. The normalized spacial score (nSPS) is 14.3. The predicted molar refractivity (Wildman–Crippen MR) is 143 cm³/mol. The van der Waals surface area contributed by atoms with Crippen molar-refractivity contribution >= 4 is 49.8 Å². The quantitative estimate of drug-likeness (QED) is 0.148. The zero-order valence-electron chi connectivity index (χ0n) is 18.3. The van der Waals surface area contributed by atoms with Crippen LogP contribution in [0.2, 0.25) is 0 Å². The fraction of sp³-hybridized carbons (Fsp3) is 0.222. The molecular weight excluding hydrogens is 564 g/mol. The molecule has 1 saturated heterocycles. The number of rotatable bonds is 8. The number of ketones is 1. The standard InChI is InChI=1S/C27H23FINO3S/c28-20-5-1-19(2-6-20)27-25(23-10-7-21(31)13-24(23)34-27)26(32)18-3-8-22(9-4-18)33-12-11-30-15-17(14-29)16-30/h1-10,13,17,31H,11-12,14-16H2. The summed E-state index contributed by atoms with van der Waals surface area (Å²) < 4.78 is 21.4. The molecule has 1 aliphatic rings. The third kappa shape index (κ3) is 4.82. The molecule has 0 unspecified atom stereocenters. The lowest BCUT2D eigenvalue weighted by Crippen LogP contribution is -2.48. The number of phenols is 1. The van der Waals surface area contributed by atoms with Crippen LogP contribution in [0.3, 0.4) is 0 Å². The number of alkyl halides is 1. The molecule has 7 heteroatoms. The van der Waals surface area contributed by atoms with Gasteiger partial charge in [-0.25, -0.2) is 4.39 Å². The summed E-state index contributed by atoms with van der Waals surface area (Å²) in [6.07, 6.45) is 0. The van der Waals surface area contributed by atoms with E-state index in [0.29, 0.717) is 17.7 Å². The van der Waals surface area contributed by atoms with Crippen molar-refractivity contribution in [1.82, 2.24) is 4.90 Å². The molecule has 0 amide bonds. The molecule has 4 nitrogen and oxygen atoms in total. The average molecular weight is 587 g/mol. The number of ether oxygens (including phenoxy) is 1. The van der Waals surface area contributed by atoms with Crippen LogP contribution in [0, 0.1) is 11.7 Å². The van der Waals surface area contributed by atoms with Gasteiger partial charge < -0.3 is 9.84 Å². The van der Waals surface area contributed by atoms with Crippen molar-refractivity contribution in [2.75, 3.05) is 30.7 Å². The average Bonchev–Trinajstić information content (AvgIpc) is 3.19. The van der Waals surface area contributed by atoms with Crippen LogP contribution in [0.5, 0.6) is 11.5 Å². The second-order valence-corrected chi connectivity index (χ2v) is 10.4. The lowest BCUT2D eigenvalue weighted by Gasteiger charge is -2.38. The number of nitrogens with zero attached hydrogens (tertiary/aromatic N) is 1. The first-order chi connectivity index (χ1) is 16.5. The Balaban J connectivity index is 1.37. The van der Waals surface area contributed by atoms with Gasteiger partial charge in [0.25, 0.3) is 0 Å². The first-order valence-corrected chi connectivity index (χ1v) is 13.4. The number of phenolic OH excluding ortho intramolecular Hbond substituents is 1. The van der Waals surface area contributed by atoms with E-state index in [1.165, 1.54) is 27.9 Å². The summed E-state index contributed by atoms with van der Waals surface area (Å²) in [7, 11) is 0. The van der Waals surface area contributed by atoms with Crippen molar-refractivity contribution < 1.29 is 19.0 Å². The summed E-state index contributed by atoms with van der Waals surface area (Å²) in [5.74, 6) is 1.24. The molecule has 0 bridgehead atoms. The van der Waals surface area contributed by atoms with Gasteiger partial charge in [-0.3, -0.25) is 9.69 Å². The summed E-state index contributed by atoms with van der Waals surface area (Å²) in [6.45, 7) is 3.81. The van der Waals surface area contributed by atoms with Gasteiger partial charge in [0, 0.05) is 50.2 Å². The number of hydrogen-bond acceptors (Lipinski definition) is 5. The van der Waals surface area contributed by atoms with Gasteiger partial charge in [0.15, 0.2) is 5.78 Å². The molecule has 174 valence electrons. The van der Waals surface area contributed by atoms with E-state index in [4.69, 9.17) is 4.74 Å². The van der Waals surface area contributed by atoms with Gasteiger partial charge in [0.2, 0.25) is 0 Å². The van der Waals surface area contributed by atoms with Crippen LogP contribution in [0.4, 0.5) is 4.39 Å². The van der Waals surface area contributed by atoms with Crippen LogP contribution < -0.4 is 4.74 Å². The topological polar surface area (TPSA) is 49.8 Å². The lowest BCUT2D eigenvalue weighted by molar-refractivity contribution is 0.0972. The van der Waals surface area contributed by atoms with Crippen LogP contribution in [0.15, 0.2) is 66.7 Å². The Morgan fingerprint density at radius 2 is 1.82 bits per heavy atom. The summed E-state index contributed by atoms with van der Waals surface area (Å²) in [4.78, 5) is 16.8. The molecular formula is C27H23FINO3S. The number of likely N-dealkylation sites (tertiary alicyclic amines) is 1. The minimum atomic E-state index is -0.329. The lowest BCUT2D eigenvalue weighted by atomic mass is 9.97. The first-order valence-electron chi connectivity index (χ1n) is 11.1. The molecule has 3 aromatic carbocycles. The second kappa shape index (κ2) is 10.0. The maximum atomic E-state index is 13.6. The van der Waals surface area contributed by atoms with Crippen LogP contribution in [-0.2, 0) is 0 Å². The van der Waals surface area contributed by atoms with E-state index in [0.717, 1.165) is 51.8 Å². The third-order valence-corrected chi connectivity index (χ3v) is 8.50. The molecule has 1 N–H and O–H groups in total. The van der Waals surface area contributed by atoms with E-state index in [-0.39, 0.29) is 17.3 Å². The molecule has 0 spiro atoms. The van der Waals surface area contributed by atoms with Gasteiger partial charge in [0.1, 0.15) is 23.9 Å². The third-order valence-electron chi connectivity index (χ3n) is 6.05. The molecule has 1 aromatic heterocycles. The number of thiophene rings is 1. The van der Waals surface area contributed by atoms with E-state index >= 15 is 0 Å². The number of fused-ring (bicyclic) bond motifs is 1. The van der Waals surface area contributed by atoms with Gasteiger partial charge >= 0.3 is 0 Å². The fourth-order valence-electron chi connectivity index (χ4n) is 4.21. The summed E-state index contributed by atoms with van der Waals surface area (Å²) in [6, 6.07) is 18.3. The number of carbonyl (C=O) groups excluding carboxylic acids is 1. The van der Waals surface area contributed by atoms with Crippen LogP contribution in [-0.4, -0.2) is 46.5 Å². The van der Waals surface area contributed by atoms with Crippen molar-refractivity contribution in [3.63, 3.8) is 0 Å². The molecule has 0 saturated carbocycles. The Hall–Kier alpha value is -2.49. The van der Waals surface area contributed by atoms with Gasteiger partial charge in [-0.15, -0.1) is 11.3 Å². The molecule has 0 aliphatic carbocycles. The van der Waals surface area contributed by atoms with Gasteiger partial charge in [0.05, 0.1) is 0 Å². The highest BCUT2D eigenvalue weighted by Gasteiger charge is 2.25. The number of aromatic hydroxyl groups is 1. The van der Waals surface area contributed by atoms with E-state index in [2.05, 4.69) is 27.5 Å². The van der Waals surface area contributed by atoms with E-state index in [1.54, 1.807) is 42.5 Å². The molecule has 0 atom stereocenters. The minimum absolute atomic E-state index is 0.117. The van der Waals surface area contributed by atoms with Crippen molar-refractivity contribution in [1.29, 1.82) is 0 Å². The zero-order valence-corrected chi connectivity index (χ0v) is 21.3. The maximum Gasteiger partial charge on any atom is 0.195 e. The molecule has 1 aliphatic heterocycles. The first kappa shape index (κ1) is 23.3. The van der Waals surface area contributed by atoms with Crippen molar-refractivity contribution in [2.24, 2.45) is 5.92 Å². The molecule has 1 fully saturated rings. The molecule has 4 aromatic rings. The predicted octanol–water partition coefficient (Wildman–Crippen LogP) is 6.39. The summed E-state index contributed by atoms with van der Waals surface area (Å²) >= 11 is 3.85. The second-order valence-electron chi connectivity index (χ2n) is 8.48. The van der Waals surface area contributed by atoms with Gasteiger partial charge in [-0.05, 0) is 66.1 Å².